The molecule has 0 unspecified atom stereocenters. The Kier molecular flexibility index (Phi) is 6.01. The first-order valence-corrected chi connectivity index (χ1v) is 11.6. The smallest absolute Gasteiger partial charge is 0.293 e. The van der Waals surface area contributed by atoms with Gasteiger partial charge >= 0.3 is 0 Å². The minimum Gasteiger partial charge on any atom is -0.397 e. The van der Waals surface area contributed by atoms with E-state index in [1.54, 1.807) is 66.7 Å². The van der Waals surface area contributed by atoms with E-state index in [0.29, 0.717) is 33.9 Å². The van der Waals surface area contributed by atoms with Crippen LogP contribution >= 0.6 is 15.9 Å². The molecule has 3 aromatic rings. The number of carbonyl (C=O) groups excluding carboxylic acids is 3. The maximum atomic E-state index is 13.2. The number of nitrogens with two attached hydrogens (primary N) is 1. The van der Waals surface area contributed by atoms with Crippen molar-refractivity contribution in [2.24, 2.45) is 0 Å². The van der Waals surface area contributed by atoms with Crippen molar-refractivity contribution in [3.8, 4) is 0 Å². The number of ether oxygens (including phenoxy) is 2. The lowest BCUT2D eigenvalue weighted by Crippen LogP contribution is -2.44. The fraction of sp³-hybridized carbons (Fsp3) is 0.160. The number of nitrogens with zero attached hydrogens (tertiary/aromatic N) is 1. The second kappa shape index (κ2) is 9.14. The zero-order chi connectivity index (χ0) is 24.6. The fourth-order valence-electron chi connectivity index (χ4n) is 4.11. The molecule has 5 rings (SSSR count). The average Bonchev–Trinajstić information content (AvgIpc) is 3.42. The van der Waals surface area contributed by atoms with Crippen LogP contribution in [0.2, 0.25) is 0 Å². The van der Waals surface area contributed by atoms with E-state index in [4.69, 9.17) is 15.2 Å². The molecule has 178 valence electrons. The number of para-hydroxylation sites is 2. The Morgan fingerprint density at radius 1 is 1.00 bits per heavy atom. The summed E-state index contributed by atoms with van der Waals surface area (Å²) < 4.78 is 12.2. The van der Waals surface area contributed by atoms with Gasteiger partial charge in [-0.1, -0.05) is 28.1 Å². The van der Waals surface area contributed by atoms with Crippen molar-refractivity contribution in [1.29, 1.82) is 0 Å². The summed E-state index contributed by atoms with van der Waals surface area (Å²) in [6, 6.07) is 18.7. The number of nitrogens with one attached hydrogen (secondary N) is 2. The highest BCUT2D eigenvalue weighted by molar-refractivity contribution is 9.10. The Morgan fingerprint density at radius 2 is 1.71 bits per heavy atom. The lowest BCUT2D eigenvalue weighted by atomic mass is 10.1. The van der Waals surface area contributed by atoms with Gasteiger partial charge in [0.2, 0.25) is 5.91 Å². The number of hydrogen-bond acceptors (Lipinski definition) is 6. The fourth-order valence-corrected chi connectivity index (χ4v) is 4.47. The van der Waals surface area contributed by atoms with Gasteiger partial charge in [0.15, 0.2) is 0 Å². The van der Waals surface area contributed by atoms with Gasteiger partial charge in [0.25, 0.3) is 17.6 Å². The van der Waals surface area contributed by atoms with Crippen molar-refractivity contribution in [2.45, 2.75) is 5.79 Å². The second-order valence-corrected chi connectivity index (χ2v) is 8.95. The first-order chi connectivity index (χ1) is 16.9. The Bertz CT molecular complexity index is 1320. The lowest BCUT2D eigenvalue weighted by molar-refractivity contribution is -0.180. The molecule has 0 atom stereocenters. The quantitative estimate of drug-likeness (QED) is 0.429. The highest BCUT2D eigenvalue weighted by Crippen LogP contribution is 2.46. The molecule has 0 radical (unpaired) electrons. The summed E-state index contributed by atoms with van der Waals surface area (Å²) in [4.78, 5) is 39.9. The maximum Gasteiger partial charge on any atom is 0.293 e. The molecular formula is C25H21BrN4O5. The minimum absolute atomic E-state index is 0.225. The summed E-state index contributed by atoms with van der Waals surface area (Å²) in [7, 11) is 0. The Labute approximate surface area is 209 Å². The van der Waals surface area contributed by atoms with Crippen LogP contribution in [-0.2, 0) is 24.8 Å². The van der Waals surface area contributed by atoms with Gasteiger partial charge in [-0.05, 0) is 54.6 Å². The van der Waals surface area contributed by atoms with Crippen molar-refractivity contribution in [3.05, 3.63) is 82.3 Å². The molecular weight excluding hydrogens is 516 g/mol. The molecule has 2 heterocycles. The predicted octanol–water partition coefficient (Wildman–Crippen LogP) is 3.47. The maximum absolute atomic E-state index is 13.2. The molecule has 0 aromatic heterocycles. The van der Waals surface area contributed by atoms with Crippen molar-refractivity contribution in [1.82, 2.24) is 0 Å². The summed E-state index contributed by atoms with van der Waals surface area (Å²) in [5, 5.41) is 5.51. The van der Waals surface area contributed by atoms with Crippen LogP contribution in [0.5, 0.6) is 0 Å². The van der Waals surface area contributed by atoms with Crippen molar-refractivity contribution >= 4 is 56.4 Å². The summed E-state index contributed by atoms with van der Waals surface area (Å²) >= 11 is 3.41. The van der Waals surface area contributed by atoms with Gasteiger partial charge in [-0.2, -0.15) is 0 Å². The molecule has 3 aromatic carbocycles. The van der Waals surface area contributed by atoms with E-state index in [9.17, 15) is 14.4 Å². The molecule has 9 nitrogen and oxygen atoms in total. The summed E-state index contributed by atoms with van der Waals surface area (Å²) in [5.74, 6) is -2.69. The van der Waals surface area contributed by atoms with Crippen LogP contribution in [-0.4, -0.2) is 37.5 Å². The van der Waals surface area contributed by atoms with E-state index in [-0.39, 0.29) is 25.7 Å². The van der Waals surface area contributed by atoms with Gasteiger partial charge in [0.05, 0.1) is 30.3 Å². The topological polar surface area (TPSA) is 123 Å². The standard InChI is InChI=1S/C25H21BrN4O5/c26-16-7-10-21-18(13-16)25(34-11-12-35-25)24(33)30(21)14-22(31)28-17-8-5-15(6-9-17)23(32)29-20-4-2-1-3-19(20)27/h1-10,13H,11-12,14,27H2,(H,28,31)(H,29,32). The molecule has 2 aliphatic heterocycles. The molecule has 2 aliphatic rings. The van der Waals surface area contributed by atoms with E-state index in [2.05, 4.69) is 26.6 Å². The second-order valence-electron chi connectivity index (χ2n) is 8.03. The highest BCUT2D eigenvalue weighted by atomic mass is 79.9. The number of nitrogen functional groups attached to an aromatic ring is 1. The van der Waals surface area contributed by atoms with Gasteiger partial charge in [-0.15, -0.1) is 0 Å². The summed E-state index contributed by atoms with van der Waals surface area (Å²) in [5.41, 5.74) is 8.86. The number of anilines is 4. The summed E-state index contributed by atoms with van der Waals surface area (Å²) in [6.07, 6.45) is 0. The molecule has 0 aliphatic carbocycles. The van der Waals surface area contributed by atoms with Gasteiger partial charge in [-0.3, -0.25) is 19.3 Å². The number of carbonyl (C=O) groups is 3. The number of rotatable bonds is 5. The van der Waals surface area contributed by atoms with Gasteiger partial charge in [-0.25, -0.2) is 0 Å². The molecule has 1 saturated heterocycles. The summed E-state index contributed by atoms with van der Waals surface area (Å²) in [6.45, 7) is 0.348. The van der Waals surface area contributed by atoms with E-state index in [1.807, 2.05) is 0 Å². The largest absolute Gasteiger partial charge is 0.397 e. The molecule has 1 spiro atoms. The van der Waals surface area contributed by atoms with Crippen LogP contribution in [0.4, 0.5) is 22.7 Å². The first kappa shape index (κ1) is 23.0. The van der Waals surface area contributed by atoms with Gasteiger partial charge < -0.3 is 25.8 Å². The van der Waals surface area contributed by atoms with Crippen molar-refractivity contribution < 1.29 is 23.9 Å². The predicted molar refractivity (Wildman–Crippen MR) is 134 cm³/mol. The molecule has 0 saturated carbocycles. The molecule has 1 fully saturated rings. The first-order valence-electron chi connectivity index (χ1n) is 10.8. The highest BCUT2D eigenvalue weighted by Gasteiger charge is 2.56. The van der Waals surface area contributed by atoms with Crippen molar-refractivity contribution in [2.75, 3.05) is 41.0 Å². The molecule has 4 N–H and O–H groups in total. The van der Waals surface area contributed by atoms with Gasteiger partial charge in [0.1, 0.15) is 6.54 Å². The van der Waals surface area contributed by atoms with Gasteiger partial charge in [0, 0.05) is 21.3 Å². The molecule has 35 heavy (non-hydrogen) atoms. The number of benzene rings is 3. The number of halogens is 1. The lowest BCUT2D eigenvalue weighted by Gasteiger charge is -2.21. The number of amides is 3. The normalized spacial score (nSPS) is 15.8. The zero-order valence-electron chi connectivity index (χ0n) is 18.4. The average molecular weight is 537 g/mol. The van der Waals surface area contributed by atoms with E-state index in [1.165, 1.54) is 4.90 Å². The van der Waals surface area contributed by atoms with Crippen LogP contribution < -0.4 is 21.3 Å². The molecule has 10 heteroatoms. The van der Waals surface area contributed by atoms with Crippen LogP contribution in [0.15, 0.2) is 71.2 Å². The van der Waals surface area contributed by atoms with E-state index < -0.39 is 17.6 Å². The third kappa shape index (κ3) is 4.27. The monoisotopic (exact) mass is 536 g/mol. The van der Waals surface area contributed by atoms with E-state index in [0.717, 1.165) is 4.47 Å². The number of fused-ring (bicyclic) bond motifs is 2. The van der Waals surface area contributed by atoms with E-state index >= 15 is 0 Å². The van der Waals surface area contributed by atoms with Crippen LogP contribution in [0.3, 0.4) is 0 Å². The van der Waals surface area contributed by atoms with Crippen LogP contribution in [0.25, 0.3) is 0 Å². The molecule has 3 amide bonds. The zero-order valence-corrected chi connectivity index (χ0v) is 20.0. The van der Waals surface area contributed by atoms with Crippen LogP contribution in [0, 0.1) is 0 Å². The minimum atomic E-state index is -1.52. The SMILES string of the molecule is Nc1ccccc1NC(=O)c1ccc(NC(=O)CN2C(=O)C3(OCCO3)c3cc(Br)ccc32)cc1. The third-order valence-electron chi connectivity index (χ3n) is 5.77. The van der Waals surface area contributed by atoms with Crippen LogP contribution in [0.1, 0.15) is 15.9 Å². The third-order valence-corrected chi connectivity index (χ3v) is 6.26. The Morgan fingerprint density at radius 3 is 2.43 bits per heavy atom. The Hall–Kier alpha value is -3.73. The Balaban J connectivity index is 1.26. The number of hydrogen-bond donors (Lipinski definition) is 3. The molecule has 0 bridgehead atoms. The van der Waals surface area contributed by atoms with Crippen molar-refractivity contribution in [3.63, 3.8) is 0 Å².